The highest BCUT2D eigenvalue weighted by molar-refractivity contribution is 6.03. The van der Waals surface area contributed by atoms with Gasteiger partial charge in [0.05, 0.1) is 23.2 Å². The van der Waals surface area contributed by atoms with Crippen LogP contribution in [0.5, 0.6) is 11.5 Å². The summed E-state index contributed by atoms with van der Waals surface area (Å²) in [5.41, 5.74) is 3.08. The minimum atomic E-state index is -1.37. The van der Waals surface area contributed by atoms with Gasteiger partial charge in [-0.3, -0.25) is 14.9 Å². The van der Waals surface area contributed by atoms with Gasteiger partial charge in [-0.25, -0.2) is 4.79 Å². The molecule has 0 spiro atoms. The molecule has 6 atom stereocenters. The number of oxime groups is 1. The normalized spacial score (nSPS) is 25.1. The minimum absolute atomic E-state index is 0.00727. The van der Waals surface area contributed by atoms with Crippen molar-refractivity contribution in [1.29, 1.82) is 0 Å². The molecular formula is C44H58N4O10. The van der Waals surface area contributed by atoms with Crippen molar-refractivity contribution in [2.45, 2.75) is 102 Å². The third-order valence-electron chi connectivity index (χ3n) is 11.8. The second-order valence-corrected chi connectivity index (χ2v) is 15.7. The molecule has 14 heteroatoms. The van der Waals surface area contributed by atoms with Gasteiger partial charge in [0.15, 0.2) is 0 Å². The average molecular weight is 803 g/mol. The largest absolute Gasteiger partial charge is 0.459 e. The van der Waals surface area contributed by atoms with Crippen LogP contribution >= 0.6 is 0 Å². The molecule has 6 rings (SSSR count). The number of amides is 2. The first-order valence-corrected chi connectivity index (χ1v) is 20.9. The van der Waals surface area contributed by atoms with Gasteiger partial charge < -0.3 is 39.5 Å². The molecule has 14 nitrogen and oxygen atoms in total. The highest BCUT2D eigenvalue weighted by Crippen LogP contribution is 2.62. The molecule has 0 radical (unpaired) electrons. The summed E-state index contributed by atoms with van der Waals surface area (Å²) in [5, 5.41) is 38.5. The minimum Gasteiger partial charge on any atom is -0.459 e. The molecular weight excluding hydrogens is 745 g/mol. The van der Waals surface area contributed by atoms with Crippen molar-refractivity contribution in [2.75, 3.05) is 32.9 Å². The number of nitro groups is 1. The number of rotatable bonds is 21. The van der Waals surface area contributed by atoms with E-state index in [1.165, 1.54) is 12.1 Å². The Morgan fingerprint density at radius 1 is 1.09 bits per heavy atom. The molecule has 58 heavy (non-hydrogen) atoms. The summed E-state index contributed by atoms with van der Waals surface area (Å²) < 4.78 is 20.0. The van der Waals surface area contributed by atoms with Gasteiger partial charge in [-0.15, -0.1) is 6.58 Å². The lowest BCUT2D eigenvalue weighted by molar-refractivity contribution is -0.384. The van der Waals surface area contributed by atoms with Crippen molar-refractivity contribution >= 4 is 23.4 Å². The predicted octanol–water partition coefficient (Wildman–Crippen LogP) is 7.19. The number of ether oxygens (including phenoxy) is 3. The highest BCUT2D eigenvalue weighted by atomic mass is 16.7. The summed E-state index contributed by atoms with van der Waals surface area (Å²) >= 11 is 0. The fraction of sp³-hybridized carbons (Fsp3) is 0.568. The second kappa shape index (κ2) is 19.8. The monoisotopic (exact) mass is 802 g/mol. The Labute approximate surface area is 340 Å². The standard InChI is InChI=1S/C44H58N4O10/c1-4-21-47(42(51)30-15-16-30)39-27-37(46-56-28-29-13-17-32(18-14-29)48(53)54)35-25-31(11-7-9-22-49)34(12-8-10-23-50)40-36-26-33(57-43(52)45-6-3)19-20-38(36)58-44(39,41(35)40)55-24-5-2/h5,13-14,17-20,25-26,30-31,34,39-41,49-50H,2,4,6-12,15-16,21-24,27-28H2,1,3H3,(H,45,52). The van der Waals surface area contributed by atoms with Crippen LogP contribution in [-0.4, -0.2) is 82.5 Å². The van der Waals surface area contributed by atoms with E-state index >= 15 is 0 Å². The summed E-state index contributed by atoms with van der Waals surface area (Å²) in [7, 11) is 0. The lowest BCUT2D eigenvalue weighted by Crippen LogP contribution is -2.70. The molecule has 2 aromatic carbocycles. The maximum Gasteiger partial charge on any atom is 0.412 e. The number of nitrogens with one attached hydrogen (secondary N) is 1. The number of fused-ring (bicyclic) bond motifs is 2. The molecule has 0 aromatic heterocycles. The van der Waals surface area contributed by atoms with Crippen molar-refractivity contribution in [3.8, 4) is 11.5 Å². The highest BCUT2D eigenvalue weighted by Gasteiger charge is 2.65. The molecule has 1 heterocycles. The zero-order valence-electron chi connectivity index (χ0n) is 33.7. The van der Waals surface area contributed by atoms with Crippen LogP contribution in [0.15, 0.2) is 71.9 Å². The third kappa shape index (κ3) is 9.40. The number of nitrogens with zero attached hydrogens (tertiary/aromatic N) is 3. The van der Waals surface area contributed by atoms with Crippen LogP contribution < -0.4 is 14.8 Å². The Kier molecular flexibility index (Phi) is 14.6. The van der Waals surface area contributed by atoms with Crippen molar-refractivity contribution in [3.63, 3.8) is 0 Å². The number of carbonyl (C=O) groups is 2. The first kappa shape index (κ1) is 42.8. The number of aliphatic hydroxyl groups is 2. The van der Waals surface area contributed by atoms with E-state index in [9.17, 15) is 29.9 Å². The van der Waals surface area contributed by atoms with E-state index in [0.717, 1.165) is 49.7 Å². The Morgan fingerprint density at radius 3 is 2.48 bits per heavy atom. The van der Waals surface area contributed by atoms with E-state index in [-0.39, 0.29) is 68.1 Å². The molecule has 2 fully saturated rings. The van der Waals surface area contributed by atoms with E-state index in [1.807, 2.05) is 30.9 Å². The van der Waals surface area contributed by atoms with E-state index in [4.69, 9.17) is 24.2 Å². The van der Waals surface area contributed by atoms with Crippen molar-refractivity contribution in [3.05, 3.63) is 88.0 Å². The van der Waals surface area contributed by atoms with Gasteiger partial charge in [-0.1, -0.05) is 37.1 Å². The SMILES string of the molecule is C=CCOC12Oc3ccc(OC(=O)NCC)cc3C3C(CCCCO)C(CCCCO)C=C(C(=NOCc4ccc([N+](=O)[O-])cc4)CC1N(CCC)C(=O)C1CC1)C32. The number of carbonyl (C=O) groups excluding carboxylic acids is 2. The maximum absolute atomic E-state index is 14.4. The first-order chi connectivity index (χ1) is 28.2. The van der Waals surface area contributed by atoms with Crippen LogP contribution in [0.4, 0.5) is 10.5 Å². The first-order valence-electron chi connectivity index (χ1n) is 20.9. The molecule has 6 unspecified atom stereocenters. The molecule has 1 aliphatic heterocycles. The van der Waals surface area contributed by atoms with Crippen molar-refractivity contribution in [1.82, 2.24) is 10.2 Å². The molecule has 2 aromatic rings. The zero-order valence-corrected chi connectivity index (χ0v) is 33.7. The predicted molar refractivity (Wildman–Crippen MR) is 217 cm³/mol. The van der Waals surface area contributed by atoms with Gasteiger partial charge in [0, 0.05) is 62.3 Å². The topological polar surface area (TPSA) is 182 Å². The fourth-order valence-corrected chi connectivity index (χ4v) is 9.12. The smallest absolute Gasteiger partial charge is 0.412 e. The van der Waals surface area contributed by atoms with Gasteiger partial charge in [0.2, 0.25) is 11.7 Å². The van der Waals surface area contributed by atoms with Gasteiger partial charge in [-0.05, 0) is 105 Å². The molecule has 2 amide bonds. The molecule has 3 N–H and O–H groups in total. The Bertz CT molecular complexity index is 1830. The second-order valence-electron chi connectivity index (χ2n) is 15.7. The quantitative estimate of drug-likeness (QED) is 0.0506. The molecule has 0 saturated heterocycles. The van der Waals surface area contributed by atoms with Crippen molar-refractivity contribution in [2.24, 2.45) is 28.8 Å². The summed E-state index contributed by atoms with van der Waals surface area (Å²) in [6.45, 7) is 9.09. The molecule has 314 valence electrons. The lowest BCUT2D eigenvalue weighted by atomic mass is 9.55. The van der Waals surface area contributed by atoms with E-state index < -0.39 is 28.8 Å². The fourth-order valence-electron chi connectivity index (χ4n) is 9.12. The van der Waals surface area contributed by atoms with Gasteiger partial charge in [0.1, 0.15) is 24.1 Å². The summed E-state index contributed by atoms with van der Waals surface area (Å²) in [4.78, 5) is 45.9. The molecule has 3 aliphatic carbocycles. The van der Waals surface area contributed by atoms with Gasteiger partial charge in [-0.2, -0.15) is 0 Å². The molecule has 0 bridgehead atoms. The summed E-state index contributed by atoms with van der Waals surface area (Å²) in [5.74, 6) is -1.20. The van der Waals surface area contributed by atoms with E-state index in [0.29, 0.717) is 55.1 Å². The van der Waals surface area contributed by atoms with E-state index in [1.54, 1.807) is 24.3 Å². The van der Waals surface area contributed by atoms with Crippen molar-refractivity contribution < 1.29 is 43.8 Å². The number of non-ortho nitro benzene ring substituents is 1. The number of aliphatic hydroxyl groups excluding tert-OH is 2. The maximum atomic E-state index is 14.4. The van der Waals surface area contributed by atoms with Crippen LogP contribution in [0.3, 0.4) is 0 Å². The number of unbranched alkanes of at least 4 members (excludes halogenated alkanes) is 2. The van der Waals surface area contributed by atoms with Crippen LogP contribution in [0.25, 0.3) is 0 Å². The van der Waals surface area contributed by atoms with Crippen LogP contribution in [0.2, 0.25) is 0 Å². The number of nitro benzene ring substituents is 1. The van der Waals surface area contributed by atoms with Crippen LogP contribution in [-0.2, 0) is 21.0 Å². The third-order valence-corrected chi connectivity index (χ3v) is 11.8. The van der Waals surface area contributed by atoms with Crippen LogP contribution in [0, 0.1) is 33.8 Å². The number of hydrogen-bond donors (Lipinski definition) is 3. The Morgan fingerprint density at radius 2 is 1.83 bits per heavy atom. The summed E-state index contributed by atoms with van der Waals surface area (Å²) in [6.07, 6.45) is 10.4. The number of benzene rings is 2. The average Bonchev–Trinajstić information content (AvgIpc) is 4.07. The van der Waals surface area contributed by atoms with Gasteiger partial charge >= 0.3 is 6.09 Å². The van der Waals surface area contributed by atoms with Crippen LogP contribution in [0.1, 0.15) is 95.1 Å². The Balaban J connectivity index is 1.55. The molecule has 4 aliphatic rings. The number of hydrogen-bond acceptors (Lipinski definition) is 11. The number of allylic oxidation sites excluding steroid dienone is 1. The summed E-state index contributed by atoms with van der Waals surface area (Å²) in [6, 6.07) is 11.0. The van der Waals surface area contributed by atoms with E-state index in [2.05, 4.69) is 18.0 Å². The van der Waals surface area contributed by atoms with Gasteiger partial charge in [0.25, 0.3) is 5.69 Å². The Hall–Kier alpha value is -4.79. The lowest BCUT2D eigenvalue weighted by Gasteiger charge is -2.60. The zero-order chi connectivity index (χ0) is 41.2. The molecule has 2 saturated carbocycles.